The van der Waals surface area contributed by atoms with E-state index in [1.807, 2.05) is 0 Å². The molecule has 0 bridgehead atoms. The molecule has 0 saturated carbocycles. The second kappa shape index (κ2) is 8.28. The van der Waals surface area contributed by atoms with E-state index < -0.39 is 0 Å². The van der Waals surface area contributed by atoms with Crippen LogP contribution in [-0.4, -0.2) is 25.9 Å². The Balaban J connectivity index is 1.78. The molecule has 3 heteroatoms. The number of benzene rings is 1. The van der Waals surface area contributed by atoms with E-state index in [1.165, 1.54) is 24.0 Å². The maximum atomic E-state index is 5.95. The molecule has 0 aliphatic carbocycles. The summed E-state index contributed by atoms with van der Waals surface area (Å²) in [5.41, 5.74) is 2.54. The molecule has 1 aromatic carbocycles. The molecule has 0 aromatic heterocycles. The molecule has 1 aliphatic heterocycles. The van der Waals surface area contributed by atoms with Crippen LogP contribution >= 0.6 is 0 Å². The molecule has 1 fully saturated rings. The van der Waals surface area contributed by atoms with Crippen LogP contribution in [0.5, 0.6) is 5.75 Å². The molecule has 112 valence electrons. The molecule has 1 saturated heterocycles. The predicted molar refractivity (Wildman–Crippen MR) is 82.3 cm³/mol. The molecular weight excluding hydrogens is 250 g/mol. The summed E-state index contributed by atoms with van der Waals surface area (Å²) in [6.07, 6.45) is 5.10. The quantitative estimate of drug-likeness (QED) is 0.738. The van der Waals surface area contributed by atoms with Crippen LogP contribution in [0.3, 0.4) is 0 Å². The Morgan fingerprint density at radius 1 is 1.40 bits per heavy atom. The summed E-state index contributed by atoms with van der Waals surface area (Å²) in [5, 5.41) is 3.37. The number of nitrogens with one attached hydrogen (secondary N) is 1. The van der Waals surface area contributed by atoms with Crippen molar-refractivity contribution in [2.45, 2.75) is 52.2 Å². The van der Waals surface area contributed by atoms with Gasteiger partial charge in [0.05, 0.1) is 12.7 Å². The zero-order valence-electron chi connectivity index (χ0n) is 12.8. The van der Waals surface area contributed by atoms with Gasteiger partial charge in [0.1, 0.15) is 5.75 Å². The Labute approximate surface area is 122 Å². The second-order valence-corrected chi connectivity index (χ2v) is 5.52. The monoisotopic (exact) mass is 277 g/mol. The van der Waals surface area contributed by atoms with E-state index >= 15 is 0 Å². The number of hydrogen-bond acceptors (Lipinski definition) is 3. The fourth-order valence-electron chi connectivity index (χ4n) is 2.61. The summed E-state index contributed by atoms with van der Waals surface area (Å²) in [6.45, 7) is 7.82. The van der Waals surface area contributed by atoms with Crippen LogP contribution in [0.4, 0.5) is 0 Å². The Bertz CT molecular complexity index is 400. The molecule has 3 nitrogen and oxygen atoms in total. The maximum absolute atomic E-state index is 5.95. The van der Waals surface area contributed by atoms with Crippen molar-refractivity contribution >= 4 is 0 Å². The first kappa shape index (κ1) is 15.3. The molecule has 2 rings (SSSR count). The maximum Gasteiger partial charge on any atom is 0.123 e. The Kier molecular flexibility index (Phi) is 6.34. The molecule has 1 heterocycles. The lowest BCUT2D eigenvalue weighted by Gasteiger charge is -2.14. The molecule has 0 radical (unpaired) electrons. The van der Waals surface area contributed by atoms with Crippen LogP contribution < -0.4 is 10.1 Å². The summed E-state index contributed by atoms with van der Waals surface area (Å²) in [6, 6.07) is 6.41. The van der Waals surface area contributed by atoms with E-state index in [1.54, 1.807) is 0 Å². The normalized spacial score (nSPS) is 18.4. The lowest BCUT2D eigenvalue weighted by molar-refractivity contribution is 0.0981. The lowest BCUT2D eigenvalue weighted by atomic mass is 10.1. The largest absolute Gasteiger partial charge is 0.493 e. The Morgan fingerprint density at radius 3 is 3.05 bits per heavy atom. The molecular formula is C17H27NO2. The summed E-state index contributed by atoms with van der Waals surface area (Å²) < 4.78 is 11.6. The third-order valence-electron chi connectivity index (χ3n) is 3.73. The van der Waals surface area contributed by atoms with Gasteiger partial charge < -0.3 is 14.8 Å². The summed E-state index contributed by atoms with van der Waals surface area (Å²) in [4.78, 5) is 0. The van der Waals surface area contributed by atoms with Crippen molar-refractivity contribution in [3.63, 3.8) is 0 Å². The van der Waals surface area contributed by atoms with E-state index in [0.717, 1.165) is 44.9 Å². The third-order valence-corrected chi connectivity index (χ3v) is 3.73. The Hall–Kier alpha value is -1.06. The predicted octanol–water partition coefficient (Wildman–Crippen LogP) is 3.44. The van der Waals surface area contributed by atoms with E-state index in [4.69, 9.17) is 9.47 Å². The number of aryl methyl sites for hydroxylation is 1. The molecule has 0 amide bonds. The fraction of sp³-hybridized carbons (Fsp3) is 0.647. The van der Waals surface area contributed by atoms with Gasteiger partial charge in [-0.2, -0.15) is 0 Å². The molecule has 1 N–H and O–H groups in total. The molecule has 20 heavy (non-hydrogen) atoms. The Morgan fingerprint density at radius 2 is 2.30 bits per heavy atom. The SMILES string of the molecule is CCNCc1cc(C)ccc1OCCCC1CCCO1. The average Bonchev–Trinajstić information content (AvgIpc) is 2.96. The fourth-order valence-corrected chi connectivity index (χ4v) is 2.61. The first-order chi connectivity index (χ1) is 9.79. The molecule has 0 spiro atoms. The van der Waals surface area contributed by atoms with Crippen molar-refractivity contribution in [3.05, 3.63) is 29.3 Å². The van der Waals surface area contributed by atoms with Crippen molar-refractivity contribution < 1.29 is 9.47 Å². The molecule has 1 unspecified atom stereocenters. The minimum absolute atomic E-state index is 0.470. The van der Waals surface area contributed by atoms with E-state index in [0.29, 0.717) is 6.10 Å². The number of rotatable bonds is 8. The van der Waals surface area contributed by atoms with Gasteiger partial charge in [-0.1, -0.05) is 24.6 Å². The van der Waals surface area contributed by atoms with Crippen molar-refractivity contribution in [1.82, 2.24) is 5.32 Å². The van der Waals surface area contributed by atoms with Gasteiger partial charge >= 0.3 is 0 Å². The van der Waals surface area contributed by atoms with E-state index in [2.05, 4.69) is 37.4 Å². The molecule has 1 aromatic rings. The first-order valence-corrected chi connectivity index (χ1v) is 7.84. The smallest absolute Gasteiger partial charge is 0.123 e. The van der Waals surface area contributed by atoms with Crippen molar-refractivity contribution in [2.24, 2.45) is 0 Å². The highest BCUT2D eigenvalue weighted by atomic mass is 16.5. The lowest BCUT2D eigenvalue weighted by Crippen LogP contribution is -2.13. The number of ether oxygens (including phenoxy) is 2. The molecule has 1 aliphatic rings. The highest BCUT2D eigenvalue weighted by Gasteiger charge is 2.14. The topological polar surface area (TPSA) is 30.5 Å². The average molecular weight is 277 g/mol. The van der Waals surface area contributed by atoms with E-state index in [-0.39, 0.29) is 0 Å². The number of hydrogen-bond donors (Lipinski definition) is 1. The van der Waals surface area contributed by atoms with Crippen LogP contribution in [0.25, 0.3) is 0 Å². The van der Waals surface area contributed by atoms with Gasteiger partial charge in [-0.3, -0.25) is 0 Å². The standard InChI is InChI=1S/C17H27NO2/c1-3-18-13-15-12-14(2)8-9-17(15)20-11-5-7-16-6-4-10-19-16/h8-9,12,16,18H,3-7,10-11,13H2,1-2H3. The van der Waals surface area contributed by atoms with Gasteiger partial charge in [0.15, 0.2) is 0 Å². The van der Waals surface area contributed by atoms with Gasteiger partial charge in [0, 0.05) is 18.7 Å². The zero-order chi connectivity index (χ0) is 14.2. The highest BCUT2D eigenvalue weighted by molar-refractivity contribution is 5.36. The van der Waals surface area contributed by atoms with Gasteiger partial charge in [0.25, 0.3) is 0 Å². The zero-order valence-corrected chi connectivity index (χ0v) is 12.8. The second-order valence-electron chi connectivity index (χ2n) is 5.52. The van der Waals surface area contributed by atoms with Crippen LogP contribution in [0.2, 0.25) is 0 Å². The van der Waals surface area contributed by atoms with Gasteiger partial charge in [-0.25, -0.2) is 0 Å². The van der Waals surface area contributed by atoms with Crippen LogP contribution in [0, 0.1) is 6.92 Å². The van der Waals surface area contributed by atoms with Crippen LogP contribution in [0.15, 0.2) is 18.2 Å². The third kappa shape index (κ3) is 4.80. The summed E-state index contributed by atoms with van der Waals surface area (Å²) >= 11 is 0. The minimum atomic E-state index is 0.470. The highest BCUT2D eigenvalue weighted by Crippen LogP contribution is 2.21. The van der Waals surface area contributed by atoms with Crippen LogP contribution in [-0.2, 0) is 11.3 Å². The van der Waals surface area contributed by atoms with Crippen molar-refractivity contribution in [3.8, 4) is 5.75 Å². The molecule has 1 atom stereocenters. The van der Waals surface area contributed by atoms with Gasteiger partial charge in [-0.15, -0.1) is 0 Å². The van der Waals surface area contributed by atoms with Crippen molar-refractivity contribution in [2.75, 3.05) is 19.8 Å². The van der Waals surface area contributed by atoms with Crippen LogP contribution in [0.1, 0.15) is 43.7 Å². The summed E-state index contributed by atoms with van der Waals surface area (Å²) in [7, 11) is 0. The van der Waals surface area contributed by atoms with Gasteiger partial charge in [0.2, 0.25) is 0 Å². The summed E-state index contributed by atoms with van der Waals surface area (Å²) in [5.74, 6) is 1.02. The van der Waals surface area contributed by atoms with Crippen molar-refractivity contribution in [1.29, 1.82) is 0 Å². The first-order valence-electron chi connectivity index (χ1n) is 7.84. The van der Waals surface area contributed by atoms with Gasteiger partial charge in [-0.05, 0) is 45.2 Å². The minimum Gasteiger partial charge on any atom is -0.493 e. The van der Waals surface area contributed by atoms with E-state index in [9.17, 15) is 0 Å².